The van der Waals surface area contributed by atoms with Crippen LogP contribution in [0.5, 0.6) is 17.2 Å². The van der Waals surface area contributed by atoms with Gasteiger partial charge >= 0.3 is 6.61 Å². The van der Waals surface area contributed by atoms with Gasteiger partial charge in [0.1, 0.15) is 17.2 Å². The van der Waals surface area contributed by atoms with E-state index in [0.717, 1.165) is 0 Å². The second-order valence-corrected chi connectivity index (χ2v) is 4.84. The summed E-state index contributed by atoms with van der Waals surface area (Å²) in [6, 6.07) is 11.1. The van der Waals surface area contributed by atoms with Crippen molar-refractivity contribution in [1.29, 1.82) is 0 Å². The number of nitrogens with one attached hydrogen (secondary N) is 1. The summed E-state index contributed by atoms with van der Waals surface area (Å²) in [5.41, 5.74) is 0.837. The summed E-state index contributed by atoms with van der Waals surface area (Å²) in [5, 5.41) is 2.65. The molecule has 2 rings (SSSR count). The van der Waals surface area contributed by atoms with Crippen LogP contribution in [0, 0.1) is 0 Å². The molecular formula is C18H17F2NO4. The molecule has 5 nitrogen and oxygen atoms in total. The van der Waals surface area contributed by atoms with E-state index in [0.29, 0.717) is 22.7 Å². The van der Waals surface area contributed by atoms with Gasteiger partial charge in [-0.15, -0.1) is 0 Å². The van der Waals surface area contributed by atoms with E-state index < -0.39 is 12.5 Å². The molecule has 0 saturated carbocycles. The molecule has 0 heterocycles. The number of carbonyl (C=O) groups excluding carboxylic acids is 1. The third-order valence-corrected chi connectivity index (χ3v) is 3.17. The third kappa shape index (κ3) is 5.49. The van der Waals surface area contributed by atoms with Crippen LogP contribution in [0.1, 0.15) is 5.56 Å². The molecule has 25 heavy (non-hydrogen) atoms. The Morgan fingerprint density at radius 2 is 1.72 bits per heavy atom. The zero-order valence-electron chi connectivity index (χ0n) is 13.7. The lowest BCUT2D eigenvalue weighted by atomic mass is 10.2. The molecule has 0 atom stereocenters. The summed E-state index contributed by atoms with van der Waals surface area (Å²) in [7, 11) is 3.00. The molecule has 0 aliphatic heterocycles. The minimum absolute atomic E-state index is 0.00963. The largest absolute Gasteiger partial charge is 0.497 e. The smallest absolute Gasteiger partial charge is 0.387 e. The molecule has 0 saturated heterocycles. The van der Waals surface area contributed by atoms with Gasteiger partial charge in [-0.1, -0.05) is 18.2 Å². The second kappa shape index (κ2) is 8.68. The molecule has 0 unspecified atom stereocenters. The zero-order chi connectivity index (χ0) is 18.2. The first kappa shape index (κ1) is 18.3. The van der Waals surface area contributed by atoms with Crippen LogP contribution >= 0.6 is 0 Å². The van der Waals surface area contributed by atoms with E-state index in [1.807, 2.05) is 0 Å². The van der Waals surface area contributed by atoms with E-state index in [-0.39, 0.29) is 5.75 Å². The predicted molar refractivity (Wildman–Crippen MR) is 90.3 cm³/mol. The molecule has 7 heteroatoms. The van der Waals surface area contributed by atoms with E-state index >= 15 is 0 Å². The first-order valence-corrected chi connectivity index (χ1v) is 7.28. The Hall–Kier alpha value is -3.09. The van der Waals surface area contributed by atoms with Crippen LogP contribution in [-0.4, -0.2) is 26.7 Å². The van der Waals surface area contributed by atoms with Crippen LogP contribution in [0.4, 0.5) is 14.5 Å². The van der Waals surface area contributed by atoms with Crippen LogP contribution in [0.15, 0.2) is 48.5 Å². The Morgan fingerprint density at radius 3 is 2.32 bits per heavy atom. The van der Waals surface area contributed by atoms with Gasteiger partial charge in [0.2, 0.25) is 5.91 Å². The zero-order valence-corrected chi connectivity index (χ0v) is 13.7. The number of rotatable bonds is 7. The first-order chi connectivity index (χ1) is 12.0. The Bertz CT molecular complexity index is 740. The summed E-state index contributed by atoms with van der Waals surface area (Å²) >= 11 is 0. The SMILES string of the molecule is COc1cc(NC(=O)/C=C/c2ccccc2OC(F)F)cc(OC)c1. The molecule has 0 aromatic heterocycles. The molecule has 1 amide bonds. The van der Waals surface area contributed by atoms with Gasteiger partial charge in [0.05, 0.1) is 14.2 Å². The average Bonchev–Trinajstić information content (AvgIpc) is 2.60. The lowest BCUT2D eigenvalue weighted by Crippen LogP contribution is -2.08. The number of para-hydroxylation sites is 1. The predicted octanol–water partition coefficient (Wildman–Crippen LogP) is 3.96. The van der Waals surface area contributed by atoms with Gasteiger partial charge in [0.15, 0.2) is 0 Å². The minimum Gasteiger partial charge on any atom is -0.497 e. The van der Waals surface area contributed by atoms with Gasteiger partial charge in [-0.25, -0.2) is 0 Å². The number of ether oxygens (including phenoxy) is 3. The van der Waals surface area contributed by atoms with E-state index in [2.05, 4.69) is 10.1 Å². The van der Waals surface area contributed by atoms with Crippen LogP contribution in [0.25, 0.3) is 6.08 Å². The quantitative estimate of drug-likeness (QED) is 0.769. The van der Waals surface area contributed by atoms with Crippen molar-refractivity contribution in [2.45, 2.75) is 6.61 Å². The molecule has 0 aliphatic carbocycles. The Morgan fingerprint density at radius 1 is 1.08 bits per heavy atom. The van der Waals surface area contributed by atoms with Gasteiger partial charge in [-0.3, -0.25) is 4.79 Å². The van der Waals surface area contributed by atoms with Crippen molar-refractivity contribution in [2.24, 2.45) is 0 Å². The van der Waals surface area contributed by atoms with Crippen molar-refractivity contribution >= 4 is 17.7 Å². The van der Waals surface area contributed by atoms with Crippen molar-refractivity contribution in [3.05, 3.63) is 54.1 Å². The van der Waals surface area contributed by atoms with Gasteiger partial charge in [0, 0.05) is 35.5 Å². The lowest BCUT2D eigenvalue weighted by Gasteiger charge is -2.09. The molecule has 0 bridgehead atoms. The maximum Gasteiger partial charge on any atom is 0.387 e. The molecule has 2 aromatic carbocycles. The first-order valence-electron chi connectivity index (χ1n) is 7.28. The number of benzene rings is 2. The van der Waals surface area contributed by atoms with Gasteiger partial charge in [-0.2, -0.15) is 8.78 Å². The van der Waals surface area contributed by atoms with E-state index in [9.17, 15) is 13.6 Å². The topological polar surface area (TPSA) is 56.8 Å². The highest BCUT2D eigenvalue weighted by Crippen LogP contribution is 2.26. The molecule has 0 fully saturated rings. The van der Waals surface area contributed by atoms with Gasteiger partial charge in [-0.05, 0) is 12.1 Å². The van der Waals surface area contributed by atoms with Crippen molar-refractivity contribution in [3.8, 4) is 17.2 Å². The highest BCUT2D eigenvalue weighted by molar-refractivity contribution is 6.02. The third-order valence-electron chi connectivity index (χ3n) is 3.17. The molecule has 2 aromatic rings. The number of carbonyl (C=O) groups is 1. The molecule has 1 N–H and O–H groups in total. The van der Waals surface area contributed by atoms with Crippen LogP contribution < -0.4 is 19.5 Å². The standard InChI is InChI=1S/C18H17F2NO4/c1-23-14-9-13(10-15(11-14)24-2)21-17(22)8-7-12-5-3-4-6-16(12)25-18(19)20/h3-11,18H,1-2H3,(H,21,22)/b8-7+. The highest BCUT2D eigenvalue weighted by atomic mass is 19.3. The van der Waals surface area contributed by atoms with Crippen molar-refractivity contribution in [3.63, 3.8) is 0 Å². The number of methoxy groups -OCH3 is 2. The number of alkyl halides is 2. The maximum atomic E-state index is 12.4. The summed E-state index contributed by atoms with van der Waals surface area (Å²) in [6.45, 7) is -2.94. The molecule has 0 radical (unpaired) electrons. The molecule has 132 valence electrons. The summed E-state index contributed by atoms with van der Waals surface area (Å²) in [5.74, 6) is 0.593. The van der Waals surface area contributed by atoms with E-state index in [1.165, 1.54) is 32.4 Å². The number of anilines is 1. The highest BCUT2D eigenvalue weighted by Gasteiger charge is 2.08. The van der Waals surface area contributed by atoms with Crippen molar-refractivity contribution < 1.29 is 27.8 Å². The normalized spacial score (nSPS) is 10.8. The lowest BCUT2D eigenvalue weighted by molar-refractivity contribution is -0.111. The van der Waals surface area contributed by atoms with Crippen LogP contribution in [0.3, 0.4) is 0 Å². The van der Waals surface area contributed by atoms with Gasteiger partial charge in [0.25, 0.3) is 0 Å². The Balaban J connectivity index is 2.11. The molecular weight excluding hydrogens is 332 g/mol. The number of halogens is 2. The fourth-order valence-electron chi connectivity index (χ4n) is 2.05. The van der Waals surface area contributed by atoms with Gasteiger partial charge < -0.3 is 19.5 Å². The fourth-order valence-corrected chi connectivity index (χ4v) is 2.05. The monoisotopic (exact) mass is 349 g/mol. The molecule has 0 aliphatic rings. The molecule has 0 spiro atoms. The maximum absolute atomic E-state index is 12.4. The minimum atomic E-state index is -2.94. The van der Waals surface area contributed by atoms with Crippen LogP contribution in [-0.2, 0) is 4.79 Å². The second-order valence-electron chi connectivity index (χ2n) is 4.84. The van der Waals surface area contributed by atoms with E-state index in [1.54, 1.807) is 36.4 Å². The van der Waals surface area contributed by atoms with Crippen LogP contribution in [0.2, 0.25) is 0 Å². The fraction of sp³-hybridized carbons (Fsp3) is 0.167. The Kier molecular flexibility index (Phi) is 6.33. The average molecular weight is 349 g/mol. The van der Waals surface area contributed by atoms with Crippen molar-refractivity contribution in [1.82, 2.24) is 0 Å². The number of hydrogen-bond donors (Lipinski definition) is 1. The summed E-state index contributed by atoms with van der Waals surface area (Å²) in [4.78, 5) is 12.1. The Labute approximate surface area is 143 Å². The van der Waals surface area contributed by atoms with Crippen molar-refractivity contribution in [2.75, 3.05) is 19.5 Å². The number of hydrogen-bond acceptors (Lipinski definition) is 4. The number of amides is 1. The van der Waals surface area contributed by atoms with E-state index in [4.69, 9.17) is 9.47 Å². The summed E-state index contributed by atoms with van der Waals surface area (Å²) in [6.07, 6.45) is 2.62. The summed E-state index contributed by atoms with van der Waals surface area (Å²) < 4.78 is 39.4.